The van der Waals surface area contributed by atoms with Gasteiger partial charge in [0, 0.05) is 13.0 Å². The van der Waals surface area contributed by atoms with Crippen LogP contribution in [0.25, 0.3) is 5.65 Å². The van der Waals surface area contributed by atoms with E-state index in [0.29, 0.717) is 6.54 Å². The number of pyridine rings is 1. The van der Waals surface area contributed by atoms with Crippen LogP contribution in [0.1, 0.15) is 31.3 Å². The Morgan fingerprint density at radius 3 is 2.80 bits per heavy atom. The van der Waals surface area contributed by atoms with Crippen molar-refractivity contribution < 1.29 is 0 Å². The van der Waals surface area contributed by atoms with E-state index in [0.717, 1.165) is 29.5 Å². The van der Waals surface area contributed by atoms with Crippen molar-refractivity contribution in [1.82, 2.24) is 19.5 Å². The van der Waals surface area contributed by atoms with Gasteiger partial charge in [0.1, 0.15) is 0 Å². The number of hydrogen-bond acceptors (Lipinski definition) is 4. The van der Waals surface area contributed by atoms with Crippen molar-refractivity contribution in [2.75, 3.05) is 19.6 Å². The highest BCUT2D eigenvalue weighted by molar-refractivity contribution is 5.38. The summed E-state index contributed by atoms with van der Waals surface area (Å²) in [6.45, 7) is 6.32. The highest BCUT2D eigenvalue weighted by Gasteiger charge is 2.20. The third-order valence-corrected chi connectivity index (χ3v) is 4.32. The summed E-state index contributed by atoms with van der Waals surface area (Å²) in [5.41, 5.74) is 7.67. The molecule has 0 aliphatic carbocycles. The molecule has 1 fully saturated rings. The van der Waals surface area contributed by atoms with Crippen LogP contribution in [0.4, 0.5) is 0 Å². The Balaban J connectivity index is 1.72. The summed E-state index contributed by atoms with van der Waals surface area (Å²) < 4.78 is 1.89. The fraction of sp³-hybridized carbons (Fsp3) is 0.600. The molecular weight excluding hydrogens is 250 g/mol. The van der Waals surface area contributed by atoms with Gasteiger partial charge >= 0.3 is 0 Å². The molecule has 0 atom stereocenters. The van der Waals surface area contributed by atoms with Gasteiger partial charge in [-0.3, -0.25) is 0 Å². The zero-order valence-corrected chi connectivity index (χ0v) is 12.1. The first kappa shape index (κ1) is 13.5. The number of nitrogens with two attached hydrogens (primary N) is 1. The molecule has 1 aliphatic rings. The van der Waals surface area contributed by atoms with Crippen LogP contribution in [-0.4, -0.2) is 39.1 Å². The van der Waals surface area contributed by atoms with E-state index >= 15 is 0 Å². The number of nitrogens with zero attached hydrogens (tertiary/aromatic N) is 4. The van der Waals surface area contributed by atoms with E-state index in [1.165, 1.54) is 32.5 Å². The van der Waals surface area contributed by atoms with Crippen molar-refractivity contribution in [2.24, 2.45) is 11.7 Å². The monoisotopic (exact) mass is 273 g/mol. The van der Waals surface area contributed by atoms with E-state index in [2.05, 4.69) is 21.9 Å². The molecule has 0 aromatic carbocycles. The molecule has 0 amide bonds. The largest absolute Gasteiger partial charge is 0.325 e. The minimum absolute atomic E-state index is 0.495. The molecule has 0 saturated carbocycles. The second-order valence-electron chi connectivity index (χ2n) is 5.60. The maximum absolute atomic E-state index is 5.75. The van der Waals surface area contributed by atoms with Crippen LogP contribution in [0, 0.1) is 5.92 Å². The van der Waals surface area contributed by atoms with Crippen LogP contribution in [0.15, 0.2) is 18.2 Å². The number of rotatable bonds is 4. The molecule has 2 N–H and O–H groups in total. The maximum Gasteiger partial charge on any atom is 0.155 e. The van der Waals surface area contributed by atoms with Crippen LogP contribution in [-0.2, 0) is 13.0 Å². The molecule has 1 saturated heterocycles. The van der Waals surface area contributed by atoms with Gasteiger partial charge < -0.3 is 10.6 Å². The molecule has 1 aliphatic heterocycles. The number of piperidine rings is 1. The van der Waals surface area contributed by atoms with E-state index in [1.54, 1.807) is 0 Å². The topological polar surface area (TPSA) is 59.5 Å². The van der Waals surface area contributed by atoms with Crippen molar-refractivity contribution in [3.63, 3.8) is 0 Å². The van der Waals surface area contributed by atoms with E-state index in [9.17, 15) is 0 Å². The molecule has 5 nitrogen and oxygen atoms in total. The molecule has 5 heteroatoms. The van der Waals surface area contributed by atoms with E-state index in [4.69, 9.17) is 5.73 Å². The van der Waals surface area contributed by atoms with Gasteiger partial charge in [0.05, 0.1) is 5.69 Å². The lowest BCUT2D eigenvalue weighted by atomic mass is 9.93. The molecule has 108 valence electrons. The van der Waals surface area contributed by atoms with Gasteiger partial charge in [0.25, 0.3) is 0 Å². The van der Waals surface area contributed by atoms with Crippen molar-refractivity contribution in [3.8, 4) is 0 Å². The zero-order valence-electron chi connectivity index (χ0n) is 12.1. The summed E-state index contributed by atoms with van der Waals surface area (Å²) in [6.07, 6.45) is 3.50. The molecule has 20 heavy (non-hydrogen) atoms. The SMILES string of the molecule is CCN1CCC(Cc2nc3cccc(CN)n3n2)CC1. The Morgan fingerprint density at radius 2 is 2.10 bits per heavy atom. The fourth-order valence-corrected chi connectivity index (χ4v) is 3.01. The number of likely N-dealkylation sites (tertiary alicyclic amines) is 1. The van der Waals surface area contributed by atoms with Gasteiger partial charge in [-0.1, -0.05) is 13.0 Å². The number of hydrogen-bond donors (Lipinski definition) is 1. The van der Waals surface area contributed by atoms with Gasteiger partial charge in [0.2, 0.25) is 0 Å². The molecule has 0 bridgehead atoms. The van der Waals surface area contributed by atoms with Crippen molar-refractivity contribution >= 4 is 5.65 Å². The summed E-state index contributed by atoms with van der Waals surface area (Å²) in [4.78, 5) is 7.15. The van der Waals surface area contributed by atoms with Crippen LogP contribution in [0.2, 0.25) is 0 Å². The lowest BCUT2D eigenvalue weighted by Gasteiger charge is -2.30. The molecule has 0 spiro atoms. The molecule has 3 rings (SSSR count). The van der Waals surface area contributed by atoms with Crippen molar-refractivity contribution in [2.45, 2.75) is 32.7 Å². The minimum Gasteiger partial charge on any atom is -0.325 e. The Labute approximate surface area is 119 Å². The molecular formula is C15H23N5. The van der Waals surface area contributed by atoms with Crippen molar-refractivity contribution in [3.05, 3.63) is 29.7 Å². The van der Waals surface area contributed by atoms with E-state index in [-0.39, 0.29) is 0 Å². The van der Waals surface area contributed by atoms with E-state index < -0.39 is 0 Å². The maximum atomic E-state index is 5.75. The third-order valence-electron chi connectivity index (χ3n) is 4.32. The fourth-order valence-electron chi connectivity index (χ4n) is 3.01. The average molecular weight is 273 g/mol. The summed E-state index contributed by atoms with van der Waals surface area (Å²) in [6, 6.07) is 6.00. The molecule has 0 radical (unpaired) electrons. The zero-order chi connectivity index (χ0) is 13.9. The van der Waals surface area contributed by atoms with Gasteiger partial charge in [-0.25, -0.2) is 9.50 Å². The van der Waals surface area contributed by atoms with Crippen LogP contribution in [0.3, 0.4) is 0 Å². The van der Waals surface area contributed by atoms with Crippen molar-refractivity contribution in [1.29, 1.82) is 0 Å². The third kappa shape index (κ3) is 2.69. The standard InChI is InChI=1S/C15H23N5/c1-2-19-8-6-12(7-9-19)10-14-17-15-5-3-4-13(11-16)20(15)18-14/h3-5,12H,2,6-11,16H2,1H3. The van der Waals surface area contributed by atoms with Crippen LogP contribution in [0.5, 0.6) is 0 Å². The lowest BCUT2D eigenvalue weighted by Crippen LogP contribution is -2.34. The second kappa shape index (κ2) is 5.89. The summed E-state index contributed by atoms with van der Waals surface area (Å²) in [5, 5.41) is 4.63. The first-order valence-electron chi connectivity index (χ1n) is 7.56. The summed E-state index contributed by atoms with van der Waals surface area (Å²) in [5.74, 6) is 1.68. The average Bonchev–Trinajstić information content (AvgIpc) is 2.90. The van der Waals surface area contributed by atoms with E-state index in [1.807, 2.05) is 22.7 Å². The number of fused-ring (bicyclic) bond motifs is 1. The smallest absolute Gasteiger partial charge is 0.155 e. The molecule has 0 unspecified atom stereocenters. The van der Waals surface area contributed by atoms with Gasteiger partial charge in [0.15, 0.2) is 11.5 Å². The predicted molar refractivity (Wildman–Crippen MR) is 79.4 cm³/mol. The number of aromatic nitrogens is 3. The predicted octanol–water partition coefficient (Wildman–Crippen LogP) is 1.46. The summed E-state index contributed by atoms with van der Waals surface area (Å²) >= 11 is 0. The Hall–Kier alpha value is -1.46. The first-order chi connectivity index (χ1) is 9.80. The Bertz CT molecular complexity index is 569. The Kier molecular flexibility index (Phi) is 3.98. The molecule has 2 aromatic rings. The minimum atomic E-state index is 0.495. The second-order valence-corrected chi connectivity index (χ2v) is 5.60. The van der Waals surface area contributed by atoms with Crippen LogP contribution >= 0.6 is 0 Å². The molecule has 2 aromatic heterocycles. The van der Waals surface area contributed by atoms with Crippen LogP contribution < -0.4 is 5.73 Å². The normalized spacial score (nSPS) is 17.9. The van der Waals surface area contributed by atoms with Gasteiger partial charge in [-0.05, 0) is 50.5 Å². The van der Waals surface area contributed by atoms with Gasteiger partial charge in [-0.2, -0.15) is 5.10 Å². The molecule has 3 heterocycles. The quantitative estimate of drug-likeness (QED) is 0.916. The summed E-state index contributed by atoms with van der Waals surface area (Å²) in [7, 11) is 0. The lowest BCUT2D eigenvalue weighted by molar-refractivity contribution is 0.191. The first-order valence-corrected chi connectivity index (χ1v) is 7.56. The van der Waals surface area contributed by atoms with Gasteiger partial charge in [-0.15, -0.1) is 0 Å². The highest BCUT2D eigenvalue weighted by Crippen LogP contribution is 2.20. The highest BCUT2D eigenvalue weighted by atomic mass is 15.3. The Morgan fingerprint density at radius 1 is 1.30 bits per heavy atom.